The maximum absolute atomic E-state index is 14.1. The molecule has 0 fully saturated rings. The number of nitrogens with zero attached hydrogens (tertiary/aromatic N) is 4. The molecule has 37 heavy (non-hydrogen) atoms. The van der Waals surface area contributed by atoms with Gasteiger partial charge in [0.25, 0.3) is 5.56 Å². The van der Waals surface area contributed by atoms with Gasteiger partial charge in [-0.15, -0.1) is 6.42 Å². The van der Waals surface area contributed by atoms with E-state index in [4.69, 9.17) is 15.6 Å². The van der Waals surface area contributed by atoms with E-state index in [1.54, 1.807) is 25.1 Å². The molecule has 0 amide bonds. The van der Waals surface area contributed by atoms with Crippen LogP contribution in [-0.2, 0) is 10.9 Å². The molecule has 0 atom stereocenters. The van der Waals surface area contributed by atoms with E-state index >= 15 is 0 Å². The Morgan fingerprint density at radius 1 is 1.19 bits per heavy atom. The molecule has 0 spiro atoms. The molecule has 0 saturated heterocycles. The number of oxazole rings is 1. The number of rotatable bonds is 5. The first-order valence-electron chi connectivity index (χ1n) is 10.7. The van der Waals surface area contributed by atoms with Crippen molar-refractivity contribution >= 4 is 11.4 Å². The fourth-order valence-electron chi connectivity index (χ4n) is 3.97. The van der Waals surface area contributed by atoms with Crippen LogP contribution >= 0.6 is 0 Å². The third-order valence-electron chi connectivity index (χ3n) is 5.58. The topological polar surface area (TPSA) is 114 Å². The van der Waals surface area contributed by atoms with Crippen LogP contribution in [0.2, 0.25) is 0 Å². The highest BCUT2D eigenvalue weighted by Gasteiger charge is 2.39. The molecule has 0 saturated carbocycles. The van der Waals surface area contributed by atoms with Crippen molar-refractivity contribution in [3.63, 3.8) is 0 Å². The third-order valence-corrected chi connectivity index (χ3v) is 5.58. The number of fused-ring (bicyclic) bond motifs is 1. The summed E-state index contributed by atoms with van der Waals surface area (Å²) in [6.45, 7) is 1.58. The second-order valence-electron chi connectivity index (χ2n) is 7.82. The zero-order chi connectivity index (χ0) is 26.3. The SMILES string of the molecule is C#C/C=C(/OC)c1nc(-c2c(-c3cn[nH]c3)nc3c(-c4ccccc4)c(C(F)(F)F)[nH]n3c2=O)oc1C. The molecule has 5 rings (SSSR count). The Hall–Kier alpha value is -5.05. The summed E-state index contributed by atoms with van der Waals surface area (Å²) < 4.78 is 54.1. The smallest absolute Gasteiger partial charge is 0.433 e. The van der Waals surface area contributed by atoms with Crippen molar-refractivity contribution < 1.29 is 22.3 Å². The first-order valence-corrected chi connectivity index (χ1v) is 10.7. The number of aryl methyl sites for hydroxylation is 1. The number of hydrogen-bond acceptors (Lipinski definition) is 6. The molecule has 0 bridgehead atoms. The number of allylic oxidation sites excluding steroid dienone is 1. The summed E-state index contributed by atoms with van der Waals surface area (Å²) in [6.07, 6.45) is 4.71. The summed E-state index contributed by atoms with van der Waals surface area (Å²) in [5.41, 5.74) is -1.85. The fraction of sp³-hybridized carbons (Fsp3) is 0.120. The van der Waals surface area contributed by atoms with Gasteiger partial charge in [0.15, 0.2) is 11.4 Å². The molecule has 9 nitrogen and oxygen atoms in total. The number of methoxy groups -OCH3 is 1. The Kier molecular flexibility index (Phi) is 5.68. The van der Waals surface area contributed by atoms with Crippen LogP contribution in [-0.4, -0.2) is 36.9 Å². The van der Waals surface area contributed by atoms with Gasteiger partial charge in [-0.1, -0.05) is 36.3 Å². The predicted molar refractivity (Wildman–Crippen MR) is 128 cm³/mol. The number of ether oxygens (including phenoxy) is 1. The zero-order valence-electron chi connectivity index (χ0n) is 19.3. The highest BCUT2D eigenvalue weighted by Crippen LogP contribution is 2.39. The van der Waals surface area contributed by atoms with E-state index in [0.717, 1.165) is 4.52 Å². The van der Waals surface area contributed by atoms with Crippen LogP contribution in [0.3, 0.4) is 0 Å². The molecule has 12 heteroatoms. The minimum atomic E-state index is -4.80. The molecule has 4 aromatic heterocycles. The molecule has 2 N–H and O–H groups in total. The molecule has 4 heterocycles. The van der Waals surface area contributed by atoms with Crippen LogP contribution in [0.5, 0.6) is 0 Å². The van der Waals surface area contributed by atoms with Crippen molar-refractivity contribution in [1.82, 2.24) is 29.8 Å². The van der Waals surface area contributed by atoms with E-state index in [-0.39, 0.29) is 51.1 Å². The van der Waals surface area contributed by atoms with E-state index in [1.807, 2.05) is 0 Å². The van der Waals surface area contributed by atoms with Gasteiger partial charge in [0.05, 0.1) is 24.6 Å². The average molecular weight is 506 g/mol. The van der Waals surface area contributed by atoms with Gasteiger partial charge in [-0.25, -0.2) is 9.97 Å². The number of terminal acetylenes is 1. The van der Waals surface area contributed by atoms with Crippen LogP contribution in [0.15, 0.2) is 58.0 Å². The number of hydrogen-bond donors (Lipinski definition) is 2. The first-order chi connectivity index (χ1) is 17.7. The normalized spacial score (nSPS) is 12.2. The van der Waals surface area contributed by atoms with Crippen LogP contribution in [0.4, 0.5) is 13.2 Å². The Balaban J connectivity index is 1.88. The molecule has 0 radical (unpaired) electrons. The molecule has 0 unspecified atom stereocenters. The monoisotopic (exact) mass is 506 g/mol. The van der Waals surface area contributed by atoms with Crippen molar-refractivity contribution in [3.8, 4) is 46.2 Å². The van der Waals surface area contributed by atoms with E-state index in [0.29, 0.717) is 5.56 Å². The Morgan fingerprint density at radius 3 is 2.57 bits per heavy atom. The second-order valence-corrected chi connectivity index (χ2v) is 7.82. The number of alkyl halides is 3. The summed E-state index contributed by atoms with van der Waals surface area (Å²) in [5.74, 6) is 2.63. The van der Waals surface area contributed by atoms with E-state index in [9.17, 15) is 18.0 Å². The third kappa shape index (κ3) is 3.96. The maximum Gasteiger partial charge on any atom is 0.433 e. The average Bonchev–Trinajstić information content (AvgIpc) is 3.61. The highest BCUT2D eigenvalue weighted by molar-refractivity contribution is 5.85. The maximum atomic E-state index is 14.1. The number of aromatic amines is 2. The van der Waals surface area contributed by atoms with Crippen LogP contribution in [0.25, 0.3) is 45.2 Å². The van der Waals surface area contributed by atoms with Gasteiger partial charge in [-0.2, -0.15) is 22.8 Å². The van der Waals surface area contributed by atoms with Gasteiger partial charge in [-0.05, 0) is 12.5 Å². The molecular formula is C25H17F3N6O3. The predicted octanol–water partition coefficient (Wildman–Crippen LogP) is 4.68. The van der Waals surface area contributed by atoms with Crippen LogP contribution < -0.4 is 5.56 Å². The molecule has 5 aromatic rings. The van der Waals surface area contributed by atoms with Crippen molar-refractivity contribution in [2.75, 3.05) is 7.11 Å². The van der Waals surface area contributed by atoms with Crippen molar-refractivity contribution in [2.45, 2.75) is 13.1 Å². The molecule has 186 valence electrons. The first kappa shape index (κ1) is 23.7. The number of halogens is 3. The number of nitrogens with one attached hydrogen (secondary N) is 2. The highest BCUT2D eigenvalue weighted by atomic mass is 19.4. The quantitative estimate of drug-likeness (QED) is 0.264. The summed E-state index contributed by atoms with van der Waals surface area (Å²) in [5, 5.41) is 8.71. The summed E-state index contributed by atoms with van der Waals surface area (Å²) in [6, 6.07) is 7.87. The lowest BCUT2D eigenvalue weighted by Gasteiger charge is -2.07. The van der Waals surface area contributed by atoms with Crippen LogP contribution in [0, 0.1) is 19.3 Å². The number of aromatic nitrogens is 6. The summed E-state index contributed by atoms with van der Waals surface area (Å²) >= 11 is 0. The Morgan fingerprint density at radius 2 is 1.95 bits per heavy atom. The molecule has 0 aliphatic rings. The van der Waals surface area contributed by atoms with Gasteiger partial charge >= 0.3 is 6.18 Å². The molecular weight excluding hydrogens is 489 g/mol. The van der Waals surface area contributed by atoms with E-state index in [2.05, 4.69) is 31.2 Å². The van der Waals surface area contributed by atoms with Gasteiger partial charge in [0.2, 0.25) is 5.89 Å². The lowest BCUT2D eigenvalue weighted by atomic mass is 10.0. The standard InChI is InChI=1S/C25H17F3N6O3/c1-4-8-16(36-3)19-13(2)37-23(32-19)18-20(15-11-29-30-12-15)31-22-17(14-9-6-5-7-10-14)21(25(26,27)28)33-34(22)24(18)35/h1,5-12,33H,2-3H3,(H,29,30)/b16-8+. The summed E-state index contributed by atoms with van der Waals surface area (Å²) in [4.78, 5) is 22.6. The van der Waals surface area contributed by atoms with Gasteiger partial charge in [0, 0.05) is 17.8 Å². The minimum Gasteiger partial charge on any atom is -0.494 e. The molecule has 0 aliphatic carbocycles. The van der Waals surface area contributed by atoms with Crippen LogP contribution in [0.1, 0.15) is 17.1 Å². The van der Waals surface area contributed by atoms with Crippen molar-refractivity contribution in [3.05, 3.63) is 76.3 Å². The van der Waals surface area contributed by atoms with Crippen molar-refractivity contribution in [2.24, 2.45) is 0 Å². The minimum absolute atomic E-state index is 0.0244. The summed E-state index contributed by atoms with van der Waals surface area (Å²) in [7, 11) is 1.39. The van der Waals surface area contributed by atoms with E-state index < -0.39 is 17.4 Å². The Labute approximate surface area is 206 Å². The zero-order valence-corrected chi connectivity index (χ0v) is 19.3. The Bertz CT molecular complexity index is 1740. The lowest BCUT2D eigenvalue weighted by molar-refractivity contribution is -0.140. The lowest BCUT2D eigenvalue weighted by Crippen LogP contribution is -2.19. The second kappa shape index (κ2) is 8.87. The largest absolute Gasteiger partial charge is 0.494 e. The molecule has 0 aliphatic heterocycles. The van der Waals surface area contributed by atoms with Gasteiger partial charge in [-0.3, -0.25) is 15.0 Å². The number of benzene rings is 1. The van der Waals surface area contributed by atoms with Crippen molar-refractivity contribution in [1.29, 1.82) is 0 Å². The molecule has 1 aromatic carbocycles. The fourth-order valence-corrected chi connectivity index (χ4v) is 3.97. The number of H-pyrrole nitrogens is 2. The van der Waals surface area contributed by atoms with Gasteiger partial charge in [0.1, 0.15) is 22.7 Å². The van der Waals surface area contributed by atoms with E-state index in [1.165, 1.54) is 37.7 Å². The van der Waals surface area contributed by atoms with Gasteiger partial charge < -0.3 is 9.15 Å².